The van der Waals surface area contributed by atoms with Crippen LogP contribution in [0.1, 0.15) is 39.5 Å². The van der Waals surface area contributed by atoms with Gasteiger partial charge >= 0.3 is 0 Å². The topological polar surface area (TPSA) is 26.3 Å². The Morgan fingerprint density at radius 1 is 1.00 bits per heavy atom. The van der Waals surface area contributed by atoms with E-state index in [9.17, 15) is 4.79 Å². The van der Waals surface area contributed by atoms with Crippen LogP contribution in [0.4, 0.5) is 0 Å². The predicted octanol–water partition coefficient (Wildman–Crippen LogP) is 3.59. The summed E-state index contributed by atoms with van der Waals surface area (Å²) in [6, 6.07) is 12.0. The van der Waals surface area contributed by atoms with Crippen molar-refractivity contribution in [1.29, 1.82) is 0 Å². The van der Waals surface area contributed by atoms with Crippen molar-refractivity contribution < 1.29 is 9.53 Å². The lowest BCUT2D eigenvalue weighted by molar-refractivity contribution is 0.103. The summed E-state index contributed by atoms with van der Waals surface area (Å²) in [6.07, 6.45) is 2.80. The van der Waals surface area contributed by atoms with Gasteiger partial charge in [0.05, 0.1) is 7.11 Å². The van der Waals surface area contributed by atoms with Gasteiger partial charge in [-0.1, -0.05) is 25.1 Å². The van der Waals surface area contributed by atoms with Crippen LogP contribution in [-0.2, 0) is 19.3 Å². The summed E-state index contributed by atoms with van der Waals surface area (Å²) in [5, 5.41) is 0. The maximum absolute atomic E-state index is 12.7. The minimum absolute atomic E-state index is 0.137. The molecule has 0 atom stereocenters. The van der Waals surface area contributed by atoms with E-state index in [1.54, 1.807) is 7.11 Å². The zero-order valence-electron chi connectivity index (χ0n) is 11.9. The zero-order chi connectivity index (χ0) is 14.1. The molecule has 0 heterocycles. The number of ether oxygens (including phenoxy) is 1. The lowest BCUT2D eigenvalue weighted by atomic mass is 9.97. The fraction of sp³-hybridized carbons (Fsp3) is 0.278. The van der Waals surface area contributed by atoms with Gasteiger partial charge in [0.15, 0.2) is 5.78 Å². The van der Waals surface area contributed by atoms with E-state index in [2.05, 4.69) is 19.1 Å². The largest absolute Gasteiger partial charge is 0.497 e. The molecule has 2 aromatic carbocycles. The van der Waals surface area contributed by atoms with Crippen molar-refractivity contribution in [2.75, 3.05) is 7.11 Å². The van der Waals surface area contributed by atoms with Crippen LogP contribution in [0.5, 0.6) is 5.75 Å². The highest BCUT2D eigenvalue weighted by atomic mass is 16.5. The molecule has 1 aliphatic rings. The molecule has 0 aliphatic heterocycles. The normalized spacial score (nSPS) is 13.4. The van der Waals surface area contributed by atoms with Gasteiger partial charge in [-0.15, -0.1) is 0 Å². The van der Waals surface area contributed by atoms with Crippen LogP contribution in [0.15, 0.2) is 36.4 Å². The molecule has 0 N–H and O–H groups in total. The van der Waals surface area contributed by atoms with Gasteiger partial charge in [0.25, 0.3) is 0 Å². The Morgan fingerprint density at radius 3 is 2.30 bits per heavy atom. The molecule has 0 fully saturated rings. The Bertz CT molecular complexity index is 614. The number of aryl methyl sites for hydroxylation is 3. The standard InChI is InChI=1S/C18H18O2/c1-3-12-4-8-16-13(10-12)5-6-14-11-15(20-2)7-9-17(14)18(16)19/h4,7-11H,3,5-6H2,1-2H3. The molecule has 2 aromatic rings. The van der Waals surface area contributed by atoms with Gasteiger partial charge in [0.1, 0.15) is 5.75 Å². The monoisotopic (exact) mass is 266 g/mol. The van der Waals surface area contributed by atoms with Crippen molar-refractivity contribution in [2.45, 2.75) is 26.2 Å². The van der Waals surface area contributed by atoms with Crippen LogP contribution in [0, 0.1) is 0 Å². The highest BCUT2D eigenvalue weighted by Gasteiger charge is 2.21. The second kappa shape index (κ2) is 5.12. The first-order valence-corrected chi connectivity index (χ1v) is 7.06. The summed E-state index contributed by atoms with van der Waals surface area (Å²) in [6.45, 7) is 2.14. The van der Waals surface area contributed by atoms with E-state index in [4.69, 9.17) is 4.74 Å². The van der Waals surface area contributed by atoms with Gasteiger partial charge in [-0.3, -0.25) is 4.79 Å². The maximum Gasteiger partial charge on any atom is 0.193 e. The first kappa shape index (κ1) is 12.9. The molecule has 2 heteroatoms. The molecule has 0 radical (unpaired) electrons. The molecule has 0 amide bonds. The van der Waals surface area contributed by atoms with E-state index < -0.39 is 0 Å². The Hall–Kier alpha value is -2.09. The number of carbonyl (C=O) groups excluding carboxylic acids is 1. The molecule has 0 aromatic heterocycles. The second-order valence-electron chi connectivity index (χ2n) is 5.20. The molecule has 0 saturated carbocycles. The number of benzene rings is 2. The van der Waals surface area contributed by atoms with E-state index >= 15 is 0 Å². The third-order valence-corrected chi connectivity index (χ3v) is 4.04. The SMILES string of the molecule is CCc1ccc2c(c1)CCc1cc(OC)ccc1C2=O. The van der Waals surface area contributed by atoms with E-state index in [-0.39, 0.29) is 5.78 Å². The molecule has 20 heavy (non-hydrogen) atoms. The van der Waals surface area contributed by atoms with Crippen molar-refractivity contribution >= 4 is 5.78 Å². The Labute approximate surface area is 119 Å². The van der Waals surface area contributed by atoms with Crippen molar-refractivity contribution in [3.8, 4) is 5.75 Å². The fourth-order valence-electron chi connectivity index (χ4n) is 2.84. The van der Waals surface area contributed by atoms with Crippen molar-refractivity contribution in [2.24, 2.45) is 0 Å². The smallest absolute Gasteiger partial charge is 0.193 e. The first-order chi connectivity index (χ1) is 9.72. The maximum atomic E-state index is 12.7. The summed E-state index contributed by atoms with van der Waals surface area (Å²) >= 11 is 0. The van der Waals surface area contributed by atoms with Crippen molar-refractivity contribution in [3.63, 3.8) is 0 Å². The Morgan fingerprint density at radius 2 is 1.65 bits per heavy atom. The van der Waals surface area contributed by atoms with E-state index in [0.29, 0.717) is 0 Å². The van der Waals surface area contributed by atoms with Gasteiger partial charge < -0.3 is 4.74 Å². The molecule has 2 nitrogen and oxygen atoms in total. The average Bonchev–Trinajstić information content (AvgIpc) is 2.64. The third-order valence-electron chi connectivity index (χ3n) is 4.04. The van der Waals surface area contributed by atoms with Crippen molar-refractivity contribution in [3.05, 3.63) is 64.2 Å². The number of hydrogen-bond donors (Lipinski definition) is 0. The number of carbonyl (C=O) groups is 1. The van der Waals surface area contributed by atoms with Crippen LogP contribution in [0.2, 0.25) is 0 Å². The van der Waals surface area contributed by atoms with E-state index in [0.717, 1.165) is 41.7 Å². The molecule has 102 valence electrons. The highest BCUT2D eigenvalue weighted by Crippen LogP contribution is 2.28. The van der Waals surface area contributed by atoms with Crippen LogP contribution < -0.4 is 4.74 Å². The Balaban J connectivity index is 2.09. The summed E-state index contributed by atoms with van der Waals surface area (Å²) < 4.78 is 5.26. The van der Waals surface area contributed by atoms with Gasteiger partial charge in [0, 0.05) is 11.1 Å². The van der Waals surface area contributed by atoms with Gasteiger partial charge in [-0.2, -0.15) is 0 Å². The molecular formula is C18H18O2. The number of fused-ring (bicyclic) bond motifs is 2. The highest BCUT2D eigenvalue weighted by molar-refractivity contribution is 6.11. The number of ketones is 1. The molecule has 0 bridgehead atoms. The summed E-state index contributed by atoms with van der Waals surface area (Å²) in [4.78, 5) is 12.7. The number of rotatable bonds is 2. The van der Waals surface area contributed by atoms with Gasteiger partial charge in [-0.25, -0.2) is 0 Å². The van der Waals surface area contributed by atoms with Gasteiger partial charge in [0.2, 0.25) is 0 Å². The minimum Gasteiger partial charge on any atom is -0.497 e. The summed E-state index contributed by atoms with van der Waals surface area (Å²) in [7, 11) is 1.66. The zero-order valence-corrected chi connectivity index (χ0v) is 11.9. The van der Waals surface area contributed by atoms with E-state index in [1.165, 1.54) is 11.1 Å². The molecule has 3 rings (SSSR count). The summed E-state index contributed by atoms with van der Waals surface area (Å²) in [5.74, 6) is 0.953. The van der Waals surface area contributed by atoms with Crippen LogP contribution in [0.3, 0.4) is 0 Å². The molecule has 1 aliphatic carbocycles. The fourth-order valence-corrected chi connectivity index (χ4v) is 2.84. The third kappa shape index (κ3) is 2.11. The van der Waals surface area contributed by atoms with Crippen molar-refractivity contribution in [1.82, 2.24) is 0 Å². The number of methoxy groups -OCH3 is 1. The molecule has 0 spiro atoms. The van der Waals surface area contributed by atoms with Gasteiger partial charge in [-0.05, 0) is 54.2 Å². The molecular weight excluding hydrogens is 248 g/mol. The van der Waals surface area contributed by atoms with Crippen LogP contribution in [0.25, 0.3) is 0 Å². The van der Waals surface area contributed by atoms with Crippen LogP contribution in [-0.4, -0.2) is 12.9 Å². The molecule has 0 saturated heterocycles. The Kier molecular flexibility index (Phi) is 3.31. The summed E-state index contributed by atoms with van der Waals surface area (Å²) in [5.41, 5.74) is 5.22. The molecule has 0 unspecified atom stereocenters. The first-order valence-electron chi connectivity index (χ1n) is 7.06. The lowest BCUT2D eigenvalue weighted by Crippen LogP contribution is -2.04. The van der Waals surface area contributed by atoms with Crippen LogP contribution >= 0.6 is 0 Å². The van der Waals surface area contributed by atoms with E-state index in [1.807, 2.05) is 24.3 Å². The second-order valence-corrected chi connectivity index (χ2v) is 5.20. The lowest BCUT2D eigenvalue weighted by Gasteiger charge is -2.07. The predicted molar refractivity (Wildman–Crippen MR) is 79.7 cm³/mol. The quantitative estimate of drug-likeness (QED) is 0.830. The average molecular weight is 266 g/mol. The number of hydrogen-bond acceptors (Lipinski definition) is 2. The minimum atomic E-state index is 0.137.